The molecule has 132 valence electrons. The van der Waals surface area contributed by atoms with E-state index in [0.717, 1.165) is 36.8 Å². The Balaban J connectivity index is 1.46. The average molecular weight is 359 g/mol. The number of likely N-dealkylation sites (tertiary alicyclic amines) is 1. The standard InChI is InChI=1S/C18H21N3O3S/c1-13-6-4-5-9-21(13)17(22)11-24-18(23)12-25-16-10-19-14-7-2-3-8-15(14)20-16/h2-3,7-8,10,13H,4-6,9,11-12H2,1H3. The Morgan fingerprint density at radius 3 is 2.88 bits per heavy atom. The second kappa shape index (κ2) is 8.29. The molecule has 0 spiro atoms. The Kier molecular flexibility index (Phi) is 5.86. The van der Waals surface area contributed by atoms with Gasteiger partial charge < -0.3 is 9.64 Å². The Labute approximate surface area is 151 Å². The number of piperidine rings is 1. The van der Waals surface area contributed by atoms with Crippen LogP contribution in [0.25, 0.3) is 11.0 Å². The van der Waals surface area contributed by atoms with Crippen LogP contribution in [-0.2, 0) is 14.3 Å². The van der Waals surface area contributed by atoms with Crippen LogP contribution in [0.15, 0.2) is 35.5 Å². The molecule has 1 aliphatic heterocycles. The van der Waals surface area contributed by atoms with Gasteiger partial charge in [-0.2, -0.15) is 0 Å². The second-order valence-electron chi connectivity index (χ2n) is 6.08. The topological polar surface area (TPSA) is 72.4 Å². The molecule has 2 aromatic rings. The van der Waals surface area contributed by atoms with Crippen molar-refractivity contribution in [1.82, 2.24) is 14.9 Å². The van der Waals surface area contributed by atoms with Crippen molar-refractivity contribution in [3.63, 3.8) is 0 Å². The SMILES string of the molecule is CC1CCCCN1C(=O)COC(=O)CSc1cnc2ccccc2n1. The van der Waals surface area contributed by atoms with Crippen molar-refractivity contribution in [1.29, 1.82) is 0 Å². The first-order valence-corrected chi connectivity index (χ1v) is 9.42. The van der Waals surface area contributed by atoms with Gasteiger partial charge in [-0.3, -0.25) is 14.6 Å². The van der Waals surface area contributed by atoms with Crippen LogP contribution < -0.4 is 0 Å². The van der Waals surface area contributed by atoms with Crippen LogP contribution in [0.1, 0.15) is 26.2 Å². The van der Waals surface area contributed by atoms with Gasteiger partial charge in [0.1, 0.15) is 5.03 Å². The minimum absolute atomic E-state index is 0.107. The van der Waals surface area contributed by atoms with Gasteiger partial charge in [-0.15, -0.1) is 0 Å². The van der Waals surface area contributed by atoms with Crippen molar-refractivity contribution in [2.75, 3.05) is 18.9 Å². The van der Waals surface area contributed by atoms with E-state index >= 15 is 0 Å². The molecule has 0 bridgehead atoms. The number of ether oxygens (including phenoxy) is 1. The van der Waals surface area contributed by atoms with Crippen LogP contribution in [0.5, 0.6) is 0 Å². The summed E-state index contributed by atoms with van der Waals surface area (Å²) in [4.78, 5) is 34.6. The summed E-state index contributed by atoms with van der Waals surface area (Å²) in [6.07, 6.45) is 4.81. The van der Waals surface area contributed by atoms with Crippen LogP contribution in [0.4, 0.5) is 0 Å². The van der Waals surface area contributed by atoms with Gasteiger partial charge >= 0.3 is 5.97 Å². The van der Waals surface area contributed by atoms with E-state index in [2.05, 4.69) is 9.97 Å². The number of carbonyl (C=O) groups excluding carboxylic acids is 2. The highest BCUT2D eigenvalue weighted by molar-refractivity contribution is 7.99. The highest BCUT2D eigenvalue weighted by Gasteiger charge is 2.23. The number of benzene rings is 1. The Morgan fingerprint density at radius 1 is 1.28 bits per heavy atom. The van der Waals surface area contributed by atoms with Crippen LogP contribution in [0, 0.1) is 0 Å². The lowest BCUT2D eigenvalue weighted by molar-refractivity contribution is -0.151. The molecule has 6 nitrogen and oxygen atoms in total. The predicted molar refractivity (Wildman–Crippen MR) is 96.2 cm³/mol. The fourth-order valence-corrected chi connectivity index (χ4v) is 3.52. The van der Waals surface area contributed by atoms with E-state index in [1.54, 1.807) is 11.1 Å². The third-order valence-corrected chi connectivity index (χ3v) is 5.12. The van der Waals surface area contributed by atoms with E-state index in [0.29, 0.717) is 5.03 Å². The third-order valence-electron chi connectivity index (χ3n) is 4.24. The highest BCUT2D eigenvalue weighted by Crippen LogP contribution is 2.18. The lowest BCUT2D eigenvalue weighted by Gasteiger charge is -2.33. The van der Waals surface area contributed by atoms with Gasteiger partial charge in [-0.05, 0) is 38.3 Å². The van der Waals surface area contributed by atoms with Crippen LogP contribution >= 0.6 is 11.8 Å². The summed E-state index contributed by atoms with van der Waals surface area (Å²) in [7, 11) is 0. The molecule has 1 fully saturated rings. The summed E-state index contributed by atoms with van der Waals surface area (Å²) in [5, 5.41) is 0.659. The fourth-order valence-electron chi connectivity index (χ4n) is 2.88. The number of esters is 1. The number of rotatable bonds is 5. The molecule has 1 atom stereocenters. The minimum atomic E-state index is -0.419. The molecular weight excluding hydrogens is 338 g/mol. The van der Waals surface area contributed by atoms with E-state index in [1.165, 1.54) is 11.8 Å². The number of carbonyl (C=O) groups is 2. The molecule has 0 aliphatic carbocycles. The third kappa shape index (κ3) is 4.69. The summed E-state index contributed by atoms with van der Waals surface area (Å²) in [6, 6.07) is 7.79. The zero-order valence-corrected chi connectivity index (χ0v) is 15.0. The van der Waals surface area contributed by atoms with Crippen molar-refractivity contribution in [3.8, 4) is 0 Å². The first-order valence-electron chi connectivity index (χ1n) is 8.43. The largest absolute Gasteiger partial charge is 0.455 e. The molecule has 1 aromatic carbocycles. The van der Waals surface area contributed by atoms with E-state index in [1.807, 2.05) is 31.2 Å². The number of thioether (sulfide) groups is 1. The Bertz CT molecular complexity index is 768. The number of fused-ring (bicyclic) bond motifs is 1. The van der Waals surface area contributed by atoms with Crippen molar-refractivity contribution < 1.29 is 14.3 Å². The molecular formula is C18H21N3O3S. The number of nitrogens with zero attached hydrogens (tertiary/aromatic N) is 3. The van der Waals surface area contributed by atoms with Gasteiger partial charge in [-0.25, -0.2) is 4.98 Å². The highest BCUT2D eigenvalue weighted by atomic mass is 32.2. The van der Waals surface area contributed by atoms with Crippen LogP contribution in [0.3, 0.4) is 0 Å². The number of para-hydroxylation sites is 2. The monoisotopic (exact) mass is 359 g/mol. The zero-order valence-electron chi connectivity index (χ0n) is 14.2. The van der Waals surface area contributed by atoms with Gasteiger partial charge in [0.05, 0.1) is 23.0 Å². The maximum absolute atomic E-state index is 12.2. The zero-order chi connectivity index (χ0) is 17.6. The molecule has 0 radical (unpaired) electrons. The van der Waals surface area contributed by atoms with Crippen molar-refractivity contribution in [3.05, 3.63) is 30.5 Å². The molecule has 2 heterocycles. The fraction of sp³-hybridized carbons (Fsp3) is 0.444. The molecule has 1 saturated heterocycles. The molecule has 1 aromatic heterocycles. The average Bonchev–Trinajstić information content (AvgIpc) is 2.64. The smallest absolute Gasteiger partial charge is 0.316 e. The Morgan fingerprint density at radius 2 is 2.08 bits per heavy atom. The molecule has 25 heavy (non-hydrogen) atoms. The van der Waals surface area contributed by atoms with Crippen LogP contribution in [0.2, 0.25) is 0 Å². The molecule has 1 amide bonds. The molecule has 3 rings (SSSR count). The van der Waals surface area contributed by atoms with Gasteiger partial charge in [0, 0.05) is 12.6 Å². The lowest BCUT2D eigenvalue weighted by Crippen LogP contribution is -2.44. The Hall–Kier alpha value is -2.15. The summed E-state index contributed by atoms with van der Waals surface area (Å²) < 4.78 is 5.12. The van der Waals surface area contributed by atoms with E-state index in [4.69, 9.17) is 4.74 Å². The maximum atomic E-state index is 12.2. The maximum Gasteiger partial charge on any atom is 0.316 e. The normalized spacial score (nSPS) is 17.5. The summed E-state index contributed by atoms with van der Waals surface area (Å²) in [5.74, 6) is -0.426. The molecule has 0 N–H and O–H groups in total. The molecule has 1 aliphatic rings. The quantitative estimate of drug-likeness (QED) is 0.604. The summed E-state index contributed by atoms with van der Waals surface area (Å²) >= 11 is 1.26. The number of hydrogen-bond acceptors (Lipinski definition) is 6. The molecule has 7 heteroatoms. The number of aromatic nitrogens is 2. The van der Waals surface area contributed by atoms with Gasteiger partial charge in [-0.1, -0.05) is 23.9 Å². The van der Waals surface area contributed by atoms with E-state index in [-0.39, 0.29) is 24.3 Å². The predicted octanol–water partition coefficient (Wildman–Crippen LogP) is 2.67. The van der Waals surface area contributed by atoms with Crippen LogP contribution in [-0.4, -0.2) is 51.7 Å². The van der Waals surface area contributed by atoms with Crippen molar-refractivity contribution in [2.24, 2.45) is 0 Å². The van der Waals surface area contributed by atoms with Crippen molar-refractivity contribution >= 4 is 34.7 Å². The number of hydrogen-bond donors (Lipinski definition) is 0. The first kappa shape index (κ1) is 17.7. The summed E-state index contributed by atoms with van der Waals surface area (Å²) in [6.45, 7) is 2.60. The van der Waals surface area contributed by atoms with Gasteiger partial charge in [0.15, 0.2) is 6.61 Å². The summed E-state index contributed by atoms with van der Waals surface area (Å²) in [5.41, 5.74) is 1.60. The van der Waals surface area contributed by atoms with E-state index < -0.39 is 5.97 Å². The molecule has 0 saturated carbocycles. The van der Waals surface area contributed by atoms with Gasteiger partial charge in [0.25, 0.3) is 5.91 Å². The first-order chi connectivity index (χ1) is 12.1. The van der Waals surface area contributed by atoms with E-state index in [9.17, 15) is 9.59 Å². The number of amides is 1. The molecule has 1 unspecified atom stereocenters. The van der Waals surface area contributed by atoms with Crippen molar-refractivity contribution in [2.45, 2.75) is 37.3 Å². The minimum Gasteiger partial charge on any atom is -0.455 e. The van der Waals surface area contributed by atoms with Gasteiger partial charge in [0.2, 0.25) is 0 Å². The lowest BCUT2D eigenvalue weighted by atomic mass is 10.0. The second-order valence-corrected chi connectivity index (χ2v) is 7.07.